The van der Waals surface area contributed by atoms with Crippen molar-refractivity contribution in [3.63, 3.8) is 0 Å². The zero-order valence-electron chi connectivity index (χ0n) is 10.6. The molecule has 3 nitrogen and oxygen atoms in total. The van der Waals surface area contributed by atoms with E-state index in [1.165, 1.54) is 11.3 Å². The molecule has 1 aromatic carbocycles. The number of benzene rings is 1. The predicted molar refractivity (Wildman–Crippen MR) is 79.2 cm³/mol. The van der Waals surface area contributed by atoms with Crippen LogP contribution in [0.1, 0.15) is 25.7 Å². The molecule has 2 aromatic rings. The van der Waals surface area contributed by atoms with E-state index in [4.69, 9.17) is 9.84 Å². The van der Waals surface area contributed by atoms with Gasteiger partial charge in [-0.2, -0.15) is 0 Å². The number of ether oxygens (including phenoxy) is 1. The van der Waals surface area contributed by atoms with Crippen LogP contribution in [0.5, 0.6) is 5.75 Å². The van der Waals surface area contributed by atoms with Crippen LogP contribution < -0.4 is 4.74 Å². The molecule has 19 heavy (non-hydrogen) atoms. The molecule has 0 saturated heterocycles. The number of aryl methyl sites for hydroxylation is 2. The lowest BCUT2D eigenvalue weighted by Gasteiger charge is -2.09. The van der Waals surface area contributed by atoms with Crippen molar-refractivity contribution in [1.29, 1.82) is 0 Å². The monoisotopic (exact) mass is 340 g/mol. The zero-order valence-corrected chi connectivity index (χ0v) is 13.0. The molecule has 0 radical (unpaired) electrons. The molecule has 0 bridgehead atoms. The summed E-state index contributed by atoms with van der Waals surface area (Å²) in [7, 11) is 0. The highest BCUT2D eigenvalue weighted by molar-refractivity contribution is 9.10. The number of rotatable bonds is 4. The van der Waals surface area contributed by atoms with Crippen LogP contribution in [0.3, 0.4) is 0 Å². The number of hydrogen-bond donors (Lipinski definition) is 1. The van der Waals surface area contributed by atoms with E-state index >= 15 is 0 Å². The van der Waals surface area contributed by atoms with E-state index < -0.39 is 5.97 Å². The molecule has 100 valence electrons. The highest BCUT2D eigenvalue weighted by atomic mass is 79.9. The maximum atomic E-state index is 10.8. The summed E-state index contributed by atoms with van der Waals surface area (Å²) in [6, 6.07) is 7.31. The van der Waals surface area contributed by atoms with Crippen molar-refractivity contribution in [3.05, 3.63) is 49.6 Å². The van der Waals surface area contributed by atoms with Gasteiger partial charge in [-0.3, -0.25) is 0 Å². The number of carboxylic acids is 1. The van der Waals surface area contributed by atoms with Crippen LogP contribution in [-0.2, 0) is 6.61 Å². The van der Waals surface area contributed by atoms with Gasteiger partial charge < -0.3 is 9.84 Å². The van der Waals surface area contributed by atoms with Gasteiger partial charge in [0.05, 0.1) is 0 Å². The summed E-state index contributed by atoms with van der Waals surface area (Å²) in [6.07, 6.45) is 0. The number of thiophene rings is 1. The second-order valence-corrected chi connectivity index (χ2v) is 6.19. The minimum atomic E-state index is -0.897. The Balaban J connectivity index is 2.08. The van der Waals surface area contributed by atoms with Gasteiger partial charge in [-0.25, -0.2) is 4.79 Å². The minimum absolute atomic E-state index is 0.335. The Morgan fingerprint density at radius 2 is 1.95 bits per heavy atom. The van der Waals surface area contributed by atoms with Gasteiger partial charge in [0.25, 0.3) is 0 Å². The lowest BCUT2D eigenvalue weighted by atomic mass is 10.1. The number of halogens is 1. The summed E-state index contributed by atoms with van der Waals surface area (Å²) in [5.74, 6) is -0.102. The fraction of sp³-hybridized carbons (Fsp3) is 0.214. The van der Waals surface area contributed by atoms with Crippen LogP contribution in [0.25, 0.3) is 0 Å². The number of carboxylic acid groups (broad SMARTS) is 1. The van der Waals surface area contributed by atoms with Gasteiger partial charge >= 0.3 is 5.97 Å². The standard InChI is InChI=1S/C14H13BrO3S/c1-8-5-10(6-9(2)13(8)15)18-7-11-3-4-12(19-11)14(16)17/h3-6H,7H2,1-2H3,(H,16,17). The Morgan fingerprint density at radius 3 is 2.47 bits per heavy atom. The van der Waals surface area contributed by atoms with Gasteiger partial charge in [-0.05, 0) is 49.2 Å². The van der Waals surface area contributed by atoms with Gasteiger partial charge in [-0.15, -0.1) is 11.3 Å². The van der Waals surface area contributed by atoms with Gasteiger partial charge in [0.2, 0.25) is 0 Å². The van der Waals surface area contributed by atoms with E-state index in [2.05, 4.69) is 15.9 Å². The molecule has 0 amide bonds. The zero-order chi connectivity index (χ0) is 14.0. The summed E-state index contributed by atoms with van der Waals surface area (Å²) < 4.78 is 6.79. The lowest BCUT2D eigenvalue weighted by Crippen LogP contribution is -1.95. The molecule has 1 heterocycles. The Kier molecular flexibility index (Phi) is 4.27. The SMILES string of the molecule is Cc1cc(OCc2ccc(C(=O)O)s2)cc(C)c1Br. The summed E-state index contributed by atoms with van der Waals surface area (Å²) >= 11 is 4.75. The first kappa shape index (κ1) is 14.1. The molecular formula is C14H13BrO3S. The first-order chi connectivity index (χ1) is 8.97. The van der Waals surface area contributed by atoms with Gasteiger partial charge in [-0.1, -0.05) is 15.9 Å². The van der Waals surface area contributed by atoms with E-state index in [0.29, 0.717) is 11.5 Å². The molecule has 5 heteroatoms. The minimum Gasteiger partial charge on any atom is -0.488 e. The summed E-state index contributed by atoms with van der Waals surface area (Å²) in [6.45, 7) is 4.41. The average Bonchev–Trinajstić information content (AvgIpc) is 2.82. The van der Waals surface area contributed by atoms with Crippen LogP contribution in [-0.4, -0.2) is 11.1 Å². The first-order valence-electron chi connectivity index (χ1n) is 5.69. The van der Waals surface area contributed by atoms with E-state index in [1.807, 2.05) is 26.0 Å². The van der Waals surface area contributed by atoms with Crippen LogP contribution in [0.4, 0.5) is 0 Å². The molecule has 0 aliphatic rings. The van der Waals surface area contributed by atoms with Crippen LogP contribution in [0.15, 0.2) is 28.7 Å². The van der Waals surface area contributed by atoms with Gasteiger partial charge in [0.1, 0.15) is 17.2 Å². The van der Waals surface area contributed by atoms with Crippen molar-refractivity contribution in [2.75, 3.05) is 0 Å². The third-order valence-corrected chi connectivity index (χ3v) is 4.96. The first-order valence-corrected chi connectivity index (χ1v) is 7.30. The maximum Gasteiger partial charge on any atom is 0.345 e. The molecular weight excluding hydrogens is 328 g/mol. The van der Waals surface area contributed by atoms with Crippen LogP contribution >= 0.6 is 27.3 Å². The Labute approximate surface area is 124 Å². The van der Waals surface area contributed by atoms with E-state index in [-0.39, 0.29) is 0 Å². The van der Waals surface area contributed by atoms with E-state index in [9.17, 15) is 4.79 Å². The number of aromatic carboxylic acids is 1. The van der Waals surface area contributed by atoms with Crippen LogP contribution in [0, 0.1) is 13.8 Å². The van der Waals surface area contributed by atoms with E-state index in [1.54, 1.807) is 12.1 Å². The summed E-state index contributed by atoms with van der Waals surface area (Å²) in [5, 5.41) is 8.85. The fourth-order valence-corrected chi connectivity index (χ4v) is 2.70. The summed E-state index contributed by atoms with van der Waals surface area (Å²) in [5.41, 5.74) is 2.24. The highest BCUT2D eigenvalue weighted by Crippen LogP contribution is 2.27. The normalized spacial score (nSPS) is 10.5. The largest absolute Gasteiger partial charge is 0.488 e. The lowest BCUT2D eigenvalue weighted by molar-refractivity contribution is 0.0702. The Bertz CT molecular complexity index is 596. The van der Waals surface area contributed by atoms with Crippen molar-refractivity contribution in [1.82, 2.24) is 0 Å². The quantitative estimate of drug-likeness (QED) is 0.896. The Hall–Kier alpha value is -1.33. The average molecular weight is 341 g/mol. The molecule has 1 aromatic heterocycles. The molecule has 0 aliphatic heterocycles. The third kappa shape index (κ3) is 3.36. The number of hydrogen-bond acceptors (Lipinski definition) is 3. The van der Waals surface area contributed by atoms with Crippen molar-refractivity contribution in [2.24, 2.45) is 0 Å². The molecule has 1 N–H and O–H groups in total. The van der Waals surface area contributed by atoms with Crippen molar-refractivity contribution in [2.45, 2.75) is 20.5 Å². The second-order valence-electron chi connectivity index (χ2n) is 4.23. The van der Waals surface area contributed by atoms with Gasteiger partial charge in [0.15, 0.2) is 0 Å². The third-order valence-electron chi connectivity index (χ3n) is 2.66. The molecule has 0 spiro atoms. The smallest absolute Gasteiger partial charge is 0.345 e. The molecule has 0 atom stereocenters. The molecule has 0 fully saturated rings. The topological polar surface area (TPSA) is 46.5 Å². The van der Waals surface area contributed by atoms with Crippen molar-refractivity contribution >= 4 is 33.2 Å². The van der Waals surface area contributed by atoms with Crippen molar-refractivity contribution < 1.29 is 14.6 Å². The predicted octanol–water partition coefficient (Wildman–Crippen LogP) is 4.40. The Morgan fingerprint density at radius 1 is 1.32 bits per heavy atom. The summed E-state index contributed by atoms with van der Waals surface area (Å²) in [4.78, 5) is 12.0. The fourth-order valence-electron chi connectivity index (χ4n) is 1.71. The molecule has 0 unspecified atom stereocenters. The number of carbonyl (C=O) groups is 1. The maximum absolute atomic E-state index is 10.8. The molecule has 0 aliphatic carbocycles. The van der Waals surface area contributed by atoms with Crippen molar-refractivity contribution in [3.8, 4) is 5.75 Å². The van der Waals surface area contributed by atoms with Gasteiger partial charge in [0, 0.05) is 9.35 Å². The van der Waals surface area contributed by atoms with E-state index in [0.717, 1.165) is 26.2 Å². The second kappa shape index (κ2) is 5.75. The molecule has 2 rings (SSSR count). The molecule has 0 saturated carbocycles. The van der Waals surface area contributed by atoms with Crippen LogP contribution in [0.2, 0.25) is 0 Å². The highest BCUT2D eigenvalue weighted by Gasteiger charge is 2.08.